The lowest BCUT2D eigenvalue weighted by Gasteiger charge is -1.96. The van der Waals surface area contributed by atoms with Gasteiger partial charge in [-0.25, -0.2) is 0 Å². The highest BCUT2D eigenvalue weighted by atomic mass is 16.3. The number of hydrogen-bond donors (Lipinski definition) is 1. The molecule has 0 atom stereocenters. The number of aromatic amines is 1. The predicted molar refractivity (Wildman–Crippen MR) is 54.3 cm³/mol. The highest BCUT2D eigenvalue weighted by Crippen LogP contribution is 2.22. The summed E-state index contributed by atoms with van der Waals surface area (Å²) in [5.74, 6) is 0. The maximum absolute atomic E-state index is 11.6. The molecule has 0 aliphatic heterocycles. The predicted octanol–water partition coefficient (Wildman–Crippen LogP) is 2.27. The average molecular weight is 185 g/mol. The van der Waals surface area contributed by atoms with Crippen molar-refractivity contribution >= 4 is 21.7 Å². The zero-order valence-corrected chi connectivity index (χ0v) is 7.28. The highest BCUT2D eigenvalue weighted by Gasteiger charge is 2.04. The second-order valence-corrected chi connectivity index (χ2v) is 3.17. The molecule has 0 saturated carbocycles. The molecular weight excluding hydrogens is 178 g/mol. The normalized spacial score (nSPS) is 11.1. The molecule has 0 unspecified atom stereocenters. The number of benzene rings is 1. The number of aromatic nitrogens is 1. The Labute approximate surface area is 79.0 Å². The van der Waals surface area contributed by atoms with Crippen LogP contribution in [0.4, 0.5) is 0 Å². The van der Waals surface area contributed by atoms with Crippen molar-refractivity contribution in [1.82, 2.24) is 4.98 Å². The molecule has 0 aliphatic carbocycles. The van der Waals surface area contributed by atoms with Gasteiger partial charge in [-0.1, -0.05) is 6.07 Å². The van der Waals surface area contributed by atoms with Crippen LogP contribution in [0.5, 0.6) is 0 Å². The SMILES string of the molecule is O=c1[nH]ccc2ccc3occc3c12. The molecule has 0 bridgehead atoms. The standard InChI is InChI=1S/C11H7NO2/c13-11-10-7(3-5-12-11)1-2-9-8(10)4-6-14-9/h1-6H,(H,12,13). The summed E-state index contributed by atoms with van der Waals surface area (Å²) in [6.45, 7) is 0. The van der Waals surface area contributed by atoms with E-state index in [9.17, 15) is 4.79 Å². The van der Waals surface area contributed by atoms with E-state index in [2.05, 4.69) is 4.98 Å². The number of H-pyrrole nitrogens is 1. The van der Waals surface area contributed by atoms with Gasteiger partial charge in [-0.2, -0.15) is 0 Å². The van der Waals surface area contributed by atoms with Crippen molar-refractivity contribution in [3.8, 4) is 0 Å². The van der Waals surface area contributed by atoms with Gasteiger partial charge >= 0.3 is 0 Å². The van der Waals surface area contributed by atoms with E-state index in [1.807, 2.05) is 24.3 Å². The maximum atomic E-state index is 11.6. The topological polar surface area (TPSA) is 46.0 Å². The third-order valence-electron chi connectivity index (χ3n) is 2.37. The van der Waals surface area contributed by atoms with Crippen LogP contribution >= 0.6 is 0 Å². The first-order chi connectivity index (χ1) is 6.86. The van der Waals surface area contributed by atoms with Crippen molar-refractivity contribution in [1.29, 1.82) is 0 Å². The lowest BCUT2D eigenvalue weighted by Crippen LogP contribution is -2.04. The molecule has 0 fully saturated rings. The summed E-state index contributed by atoms with van der Waals surface area (Å²) in [5.41, 5.74) is 0.670. The first-order valence-corrected chi connectivity index (χ1v) is 4.34. The largest absolute Gasteiger partial charge is 0.464 e. The number of fused-ring (bicyclic) bond motifs is 3. The van der Waals surface area contributed by atoms with E-state index in [4.69, 9.17) is 4.42 Å². The Bertz CT molecular complexity index is 663. The third kappa shape index (κ3) is 0.836. The van der Waals surface area contributed by atoms with Crippen molar-refractivity contribution in [2.24, 2.45) is 0 Å². The van der Waals surface area contributed by atoms with Crippen LogP contribution in [0.1, 0.15) is 0 Å². The first kappa shape index (κ1) is 7.38. The summed E-state index contributed by atoms with van der Waals surface area (Å²) < 4.78 is 5.23. The smallest absolute Gasteiger partial charge is 0.256 e. The minimum Gasteiger partial charge on any atom is -0.464 e. The van der Waals surface area contributed by atoms with Gasteiger partial charge in [0.25, 0.3) is 5.56 Å². The molecule has 0 saturated heterocycles. The number of furan rings is 1. The van der Waals surface area contributed by atoms with E-state index >= 15 is 0 Å². The molecule has 1 aromatic carbocycles. The van der Waals surface area contributed by atoms with E-state index in [0.29, 0.717) is 5.39 Å². The fourth-order valence-corrected chi connectivity index (χ4v) is 1.73. The summed E-state index contributed by atoms with van der Waals surface area (Å²) >= 11 is 0. The summed E-state index contributed by atoms with van der Waals surface area (Å²) in [4.78, 5) is 14.3. The summed E-state index contributed by atoms with van der Waals surface area (Å²) in [6, 6.07) is 7.45. The number of nitrogens with one attached hydrogen (secondary N) is 1. The Morgan fingerprint density at radius 2 is 2.07 bits per heavy atom. The molecule has 2 heterocycles. The van der Waals surface area contributed by atoms with Gasteiger partial charge in [-0.15, -0.1) is 0 Å². The minimum absolute atomic E-state index is 0.0745. The van der Waals surface area contributed by atoms with Gasteiger partial charge in [0.2, 0.25) is 0 Å². The van der Waals surface area contributed by atoms with Crippen LogP contribution in [-0.2, 0) is 0 Å². The summed E-state index contributed by atoms with van der Waals surface area (Å²) in [5, 5.41) is 2.49. The molecule has 0 radical (unpaired) electrons. The Morgan fingerprint density at radius 3 is 3.00 bits per heavy atom. The zero-order chi connectivity index (χ0) is 9.54. The second-order valence-electron chi connectivity index (χ2n) is 3.17. The zero-order valence-electron chi connectivity index (χ0n) is 7.28. The monoisotopic (exact) mass is 185 g/mol. The molecule has 3 heteroatoms. The second kappa shape index (κ2) is 2.48. The van der Waals surface area contributed by atoms with Crippen molar-refractivity contribution in [3.63, 3.8) is 0 Å². The molecule has 3 nitrogen and oxygen atoms in total. The first-order valence-electron chi connectivity index (χ1n) is 4.34. The molecule has 0 spiro atoms. The van der Waals surface area contributed by atoms with Crippen molar-refractivity contribution < 1.29 is 4.42 Å². The maximum Gasteiger partial charge on any atom is 0.256 e. The van der Waals surface area contributed by atoms with Crippen LogP contribution in [0.3, 0.4) is 0 Å². The molecule has 0 amide bonds. The van der Waals surface area contributed by atoms with Gasteiger partial charge in [0, 0.05) is 11.6 Å². The van der Waals surface area contributed by atoms with Crippen LogP contribution in [0, 0.1) is 0 Å². The Hall–Kier alpha value is -2.03. The van der Waals surface area contributed by atoms with Crippen molar-refractivity contribution in [3.05, 3.63) is 47.1 Å². The van der Waals surface area contributed by atoms with Crippen LogP contribution in [0.15, 0.2) is 45.9 Å². The van der Waals surface area contributed by atoms with E-state index in [-0.39, 0.29) is 5.56 Å². The number of pyridine rings is 1. The molecule has 14 heavy (non-hydrogen) atoms. The molecule has 3 rings (SSSR count). The van der Waals surface area contributed by atoms with Crippen LogP contribution in [0.25, 0.3) is 21.7 Å². The van der Waals surface area contributed by atoms with E-state index in [1.165, 1.54) is 0 Å². The summed E-state index contributed by atoms with van der Waals surface area (Å²) in [6.07, 6.45) is 3.24. The van der Waals surface area contributed by atoms with Crippen molar-refractivity contribution in [2.45, 2.75) is 0 Å². The Kier molecular flexibility index (Phi) is 1.31. The molecular formula is C11H7NO2. The number of hydrogen-bond acceptors (Lipinski definition) is 2. The highest BCUT2D eigenvalue weighted by molar-refractivity contribution is 6.04. The fourth-order valence-electron chi connectivity index (χ4n) is 1.73. The summed E-state index contributed by atoms with van der Waals surface area (Å²) in [7, 11) is 0. The molecule has 1 N–H and O–H groups in total. The van der Waals surface area contributed by atoms with E-state index < -0.39 is 0 Å². The van der Waals surface area contributed by atoms with Gasteiger partial charge < -0.3 is 9.40 Å². The Balaban J connectivity index is 2.74. The van der Waals surface area contributed by atoms with Gasteiger partial charge in [0.05, 0.1) is 11.6 Å². The third-order valence-corrected chi connectivity index (χ3v) is 2.37. The Morgan fingerprint density at radius 1 is 1.14 bits per heavy atom. The van der Waals surface area contributed by atoms with Crippen LogP contribution in [0.2, 0.25) is 0 Å². The van der Waals surface area contributed by atoms with Gasteiger partial charge in [0.1, 0.15) is 5.58 Å². The lowest BCUT2D eigenvalue weighted by molar-refractivity contribution is 0.616. The fraction of sp³-hybridized carbons (Fsp3) is 0. The van der Waals surface area contributed by atoms with E-state index in [1.54, 1.807) is 12.5 Å². The lowest BCUT2D eigenvalue weighted by atomic mass is 10.1. The van der Waals surface area contributed by atoms with Crippen molar-refractivity contribution in [2.75, 3.05) is 0 Å². The van der Waals surface area contributed by atoms with Crippen LogP contribution in [-0.4, -0.2) is 4.98 Å². The van der Waals surface area contributed by atoms with Gasteiger partial charge in [-0.3, -0.25) is 4.79 Å². The minimum atomic E-state index is -0.0745. The average Bonchev–Trinajstić information content (AvgIpc) is 2.65. The van der Waals surface area contributed by atoms with Gasteiger partial charge in [0.15, 0.2) is 0 Å². The molecule has 3 aromatic rings. The van der Waals surface area contributed by atoms with Crippen LogP contribution < -0.4 is 5.56 Å². The molecule has 0 aliphatic rings. The van der Waals surface area contributed by atoms with E-state index in [0.717, 1.165) is 16.4 Å². The number of rotatable bonds is 0. The molecule has 68 valence electrons. The van der Waals surface area contributed by atoms with Gasteiger partial charge in [-0.05, 0) is 23.6 Å². The molecule has 2 aromatic heterocycles. The quantitative estimate of drug-likeness (QED) is 0.584.